The number of rotatable bonds is 8. The molecular formula is C18H29N. The van der Waals surface area contributed by atoms with Crippen LogP contribution in [0.4, 0.5) is 0 Å². The summed E-state index contributed by atoms with van der Waals surface area (Å²) in [5.74, 6) is 0.866. The largest absolute Gasteiger partial charge is 0.313 e. The van der Waals surface area contributed by atoms with Crippen molar-refractivity contribution in [2.24, 2.45) is 5.92 Å². The fourth-order valence-electron chi connectivity index (χ4n) is 3.45. The van der Waals surface area contributed by atoms with Gasteiger partial charge < -0.3 is 5.32 Å². The first-order valence-corrected chi connectivity index (χ1v) is 8.05. The van der Waals surface area contributed by atoms with E-state index in [0.29, 0.717) is 11.5 Å². The van der Waals surface area contributed by atoms with Crippen LogP contribution in [0.3, 0.4) is 0 Å². The van der Waals surface area contributed by atoms with Crippen molar-refractivity contribution in [3.63, 3.8) is 0 Å². The minimum Gasteiger partial charge on any atom is -0.313 e. The normalized spacial score (nSPS) is 18.5. The van der Waals surface area contributed by atoms with Crippen molar-refractivity contribution < 1.29 is 0 Å². The Bertz CT molecular complexity index is 363. The average Bonchev–Trinajstić information content (AvgIpc) is 3.26. The lowest BCUT2D eigenvalue weighted by Crippen LogP contribution is -2.41. The maximum atomic E-state index is 3.78. The first-order valence-electron chi connectivity index (χ1n) is 8.05. The van der Waals surface area contributed by atoms with Gasteiger partial charge >= 0.3 is 0 Å². The van der Waals surface area contributed by atoms with Crippen LogP contribution in [0, 0.1) is 5.92 Å². The molecule has 0 aromatic heterocycles. The molecular weight excluding hydrogens is 230 g/mol. The lowest BCUT2D eigenvalue weighted by atomic mass is 9.81. The molecule has 1 unspecified atom stereocenters. The summed E-state index contributed by atoms with van der Waals surface area (Å²) < 4.78 is 0. The second-order valence-electron chi connectivity index (χ2n) is 6.05. The Balaban J connectivity index is 2.14. The molecule has 1 atom stereocenters. The molecule has 0 spiro atoms. The third-order valence-electron chi connectivity index (χ3n) is 4.98. The van der Waals surface area contributed by atoms with Crippen LogP contribution in [0.25, 0.3) is 0 Å². The molecule has 19 heavy (non-hydrogen) atoms. The Morgan fingerprint density at radius 2 is 1.68 bits per heavy atom. The summed E-state index contributed by atoms with van der Waals surface area (Å²) in [6.45, 7) is 7.99. The van der Waals surface area contributed by atoms with Gasteiger partial charge in [-0.2, -0.15) is 0 Å². The minimum atomic E-state index is 0.430. The molecule has 2 rings (SSSR count). The Morgan fingerprint density at radius 3 is 2.16 bits per heavy atom. The van der Waals surface area contributed by atoms with Crippen LogP contribution in [-0.4, -0.2) is 12.6 Å². The van der Waals surface area contributed by atoms with Gasteiger partial charge in [-0.15, -0.1) is 0 Å². The van der Waals surface area contributed by atoms with Gasteiger partial charge in [-0.25, -0.2) is 0 Å². The van der Waals surface area contributed by atoms with Crippen molar-refractivity contribution in [3.05, 3.63) is 35.9 Å². The van der Waals surface area contributed by atoms with Crippen LogP contribution in [0.2, 0.25) is 0 Å². The van der Waals surface area contributed by atoms with Gasteiger partial charge in [0.2, 0.25) is 0 Å². The van der Waals surface area contributed by atoms with Crippen molar-refractivity contribution >= 4 is 0 Å². The Morgan fingerprint density at radius 1 is 1.05 bits per heavy atom. The summed E-state index contributed by atoms with van der Waals surface area (Å²) in [6, 6.07) is 11.8. The zero-order chi connectivity index (χ0) is 13.7. The van der Waals surface area contributed by atoms with Gasteiger partial charge in [0.25, 0.3) is 0 Å². The first-order chi connectivity index (χ1) is 9.26. The molecule has 1 nitrogen and oxygen atoms in total. The first kappa shape index (κ1) is 14.6. The highest BCUT2D eigenvalue weighted by atomic mass is 14.9. The summed E-state index contributed by atoms with van der Waals surface area (Å²) in [6.07, 6.45) is 6.66. The molecule has 1 aliphatic carbocycles. The zero-order valence-corrected chi connectivity index (χ0v) is 12.8. The van der Waals surface area contributed by atoms with Crippen molar-refractivity contribution in [3.8, 4) is 0 Å². The van der Waals surface area contributed by atoms with Crippen molar-refractivity contribution in [2.75, 3.05) is 6.54 Å². The topological polar surface area (TPSA) is 12.0 Å². The highest BCUT2D eigenvalue weighted by Gasteiger charge is 2.50. The maximum Gasteiger partial charge on any atom is 0.0166 e. The van der Waals surface area contributed by atoms with E-state index in [9.17, 15) is 0 Å². The molecule has 0 saturated heterocycles. The molecule has 0 heterocycles. The van der Waals surface area contributed by atoms with Crippen molar-refractivity contribution in [1.29, 1.82) is 0 Å². The Hall–Kier alpha value is -0.820. The molecule has 0 amide bonds. The van der Waals surface area contributed by atoms with Crippen molar-refractivity contribution in [1.82, 2.24) is 5.32 Å². The molecule has 1 fully saturated rings. The van der Waals surface area contributed by atoms with Gasteiger partial charge in [-0.3, -0.25) is 0 Å². The molecule has 1 N–H and O–H groups in total. The van der Waals surface area contributed by atoms with E-state index in [2.05, 4.69) is 56.4 Å². The molecule has 1 saturated carbocycles. The summed E-state index contributed by atoms with van der Waals surface area (Å²) >= 11 is 0. The Kier molecular flexibility index (Phi) is 5.04. The van der Waals surface area contributed by atoms with Gasteiger partial charge in [0.15, 0.2) is 0 Å². The van der Waals surface area contributed by atoms with E-state index >= 15 is 0 Å². The predicted octanol–water partition coefficient (Wildman–Crippen LogP) is 4.52. The third kappa shape index (κ3) is 3.20. The number of hydrogen-bond acceptors (Lipinski definition) is 1. The Labute approximate surface area is 118 Å². The maximum absolute atomic E-state index is 3.78. The lowest BCUT2D eigenvalue weighted by Gasteiger charge is -2.31. The number of hydrogen-bond donors (Lipinski definition) is 1. The monoisotopic (exact) mass is 259 g/mol. The van der Waals surface area contributed by atoms with E-state index in [1.54, 1.807) is 5.56 Å². The quantitative estimate of drug-likeness (QED) is 0.723. The summed E-state index contributed by atoms with van der Waals surface area (Å²) in [4.78, 5) is 0. The van der Waals surface area contributed by atoms with Gasteiger partial charge in [0, 0.05) is 11.5 Å². The van der Waals surface area contributed by atoms with Gasteiger partial charge in [-0.1, -0.05) is 63.9 Å². The number of benzene rings is 1. The average molecular weight is 259 g/mol. The SMILES string of the molecule is CCNC(CC(CC)CC)C1(c2ccccc2)CC1. The fraction of sp³-hybridized carbons (Fsp3) is 0.667. The molecule has 0 radical (unpaired) electrons. The van der Waals surface area contributed by atoms with Gasteiger partial charge in [0.1, 0.15) is 0 Å². The fourth-order valence-corrected chi connectivity index (χ4v) is 3.45. The molecule has 1 aromatic carbocycles. The predicted molar refractivity (Wildman–Crippen MR) is 83.5 cm³/mol. The van der Waals surface area contributed by atoms with E-state index in [0.717, 1.165) is 12.5 Å². The molecule has 1 aliphatic rings. The molecule has 106 valence electrons. The van der Waals surface area contributed by atoms with Crippen LogP contribution in [0.15, 0.2) is 30.3 Å². The number of likely N-dealkylation sites (N-methyl/N-ethyl adjacent to an activating group) is 1. The molecule has 1 heteroatoms. The summed E-state index contributed by atoms with van der Waals surface area (Å²) in [5.41, 5.74) is 1.98. The van der Waals surface area contributed by atoms with E-state index < -0.39 is 0 Å². The van der Waals surface area contributed by atoms with Crippen LogP contribution < -0.4 is 5.32 Å². The van der Waals surface area contributed by atoms with Crippen molar-refractivity contribution in [2.45, 2.75) is 64.3 Å². The minimum absolute atomic E-state index is 0.430. The highest BCUT2D eigenvalue weighted by molar-refractivity contribution is 5.33. The third-order valence-corrected chi connectivity index (χ3v) is 4.98. The van der Waals surface area contributed by atoms with Crippen LogP contribution >= 0.6 is 0 Å². The smallest absolute Gasteiger partial charge is 0.0166 e. The summed E-state index contributed by atoms with van der Waals surface area (Å²) in [7, 11) is 0. The highest BCUT2D eigenvalue weighted by Crippen LogP contribution is 2.52. The lowest BCUT2D eigenvalue weighted by molar-refractivity contribution is 0.320. The second-order valence-corrected chi connectivity index (χ2v) is 6.05. The molecule has 1 aromatic rings. The van der Waals surface area contributed by atoms with Gasteiger partial charge in [-0.05, 0) is 37.3 Å². The second kappa shape index (κ2) is 6.56. The van der Waals surface area contributed by atoms with E-state index in [-0.39, 0.29) is 0 Å². The van der Waals surface area contributed by atoms with E-state index in [1.807, 2.05) is 0 Å². The van der Waals surface area contributed by atoms with Gasteiger partial charge in [0.05, 0.1) is 0 Å². The van der Waals surface area contributed by atoms with Crippen LogP contribution in [0.5, 0.6) is 0 Å². The number of nitrogens with one attached hydrogen (secondary N) is 1. The molecule has 0 aliphatic heterocycles. The van der Waals surface area contributed by atoms with Crippen LogP contribution in [-0.2, 0) is 5.41 Å². The van der Waals surface area contributed by atoms with Crippen LogP contribution in [0.1, 0.15) is 58.4 Å². The van der Waals surface area contributed by atoms with E-state index in [1.165, 1.54) is 32.1 Å². The molecule has 0 bridgehead atoms. The summed E-state index contributed by atoms with van der Waals surface area (Å²) in [5, 5.41) is 3.78. The zero-order valence-electron chi connectivity index (χ0n) is 12.8. The standard InChI is InChI=1S/C18H29N/c1-4-15(5-2)14-17(19-6-3)18(12-13-18)16-10-8-7-9-11-16/h7-11,15,17,19H,4-6,12-14H2,1-3H3. The van der Waals surface area contributed by atoms with E-state index in [4.69, 9.17) is 0 Å².